The summed E-state index contributed by atoms with van der Waals surface area (Å²) in [5.41, 5.74) is 0. The predicted octanol–water partition coefficient (Wildman–Crippen LogP) is 3.38. The van der Waals surface area contributed by atoms with Crippen molar-refractivity contribution in [1.29, 1.82) is 0 Å². The van der Waals surface area contributed by atoms with Crippen molar-refractivity contribution < 1.29 is 0 Å². The lowest BCUT2D eigenvalue weighted by Crippen LogP contribution is -2.44. The Morgan fingerprint density at radius 2 is 1.65 bits per heavy atom. The quantitative estimate of drug-likeness (QED) is 0.632. The summed E-state index contributed by atoms with van der Waals surface area (Å²) in [4.78, 5) is 2.49. The molecule has 0 fully saturated rings. The molecule has 0 saturated carbocycles. The second-order valence-electron chi connectivity index (χ2n) is 5.68. The van der Waals surface area contributed by atoms with Crippen LogP contribution in [-0.2, 0) is 0 Å². The Bertz CT molecular complexity index is 170. The Balaban J connectivity index is 4.11. The first kappa shape index (κ1) is 16.9. The van der Waals surface area contributed by atoms with E-state index in [4.69, 9.17) is 0 Å². The van der Waals surface area contributed by atoms with Crippen molar-refractivity contribution in [1.82, 2.24) is 10.2 Å². The van der Waals surface area contributed by atoms with Gasteiger partial charge in [0.05, 0.1) is 0 Å². The molecule has 0 radical (unpaired) electrons. The number of nitrogens with zero attached hydrogens (tertiary/aromatic N) is 1. The van der Waals surface area contributed by atoms with E-state index in [9.17, 15) is 0 Å². The van der Waals surface area contributed by atoms with Gasteiger partial charge in [-0.2, -0.15) is 0 Å². The standard InChI is InChI=1S/C15H34N2/c1-7-10-16-15(14(5)9-3)12-17(6)11-13(4)8-2/h13-16H,7-12H2,1-6H3. The molecule has 0 aliphatic heterocycles. The molecule has 0 spiro atoms. The zero-order chi connectivity index (χ0) is 13.3. The van der Waals surface area contributed by atoms with Gasteiger partial charge in [-0.1, -0.05) is 47.5 Å². The Labute approximate surface area is 109 Å². The first-order valence-corrected chi connectivity index (χ1v) is 7.46. The second-order valence-corrected chi connectivity index (χ2v) is 5.68. The van der Waals surface area contributed by atoms with E-state index >= 15 is 0 Å². The lowest BCUT2D eigenvalue weighted by atomic mass is 9.98. The van der Waals surface area contributed by atoms with Crippen molar-refractivity contribution in [2.75, 3.05) is 26.7 Å². The van der Waals surface area contributed by atoms with E-state index in [2.05, 4.69) is 51.9 Å². The van der Waals surface area contributed by atoms with E-state index < -0.39 is 0 Å². The smallest absolute Gasteiger partial charge is 0.0220 e. The Kier molecular flexibility index (Phi) is 9.85. The minimum atomic E-state index is 0.647. The van der Waals surface area contributed by atoms with E-state index in [-0.39, 0.29) is 0 Å². The van der Waals surface area contributed by atoms with Gasteiger partial charge in [-0.25, -0.2) is 0 Å². The van der Waals surface area contributed by atoms with E-state index in [0.29, 0.717) is 6.04 Å². The number of likely N-dealkylation sites (N-methyl/N-ethyl adjacent to an activating group) is 1. The Morgan fingerprint density at radius 1 is 1.00 bits per heavy atom. The molecule has 3 unspecified atom stereocenters. The summed E-state index contributed by atoms with van der Waals surface area (Å²) in [5, 5.41) is 3.70. The predicted molar refractivity (Wildman–Crippen MR) is 78.5 cm³/mol. The van der Waals surface area contributed by atoms with Gasteiger partial charge in [0.1, 0.15) is 0 Å². The molecule has 0 aliphatic rings. The second kappa shape index (κ2) is 9.90. The van der Waals surface area contributed by atoms with E-state index in [1.165, 1.54) is 32.4 Å². The van der Waals surface area contributed by atoms with Crippen LogP contribution in [0.15, 0.2) is 0 Å². The van der Waals surface area contributed by atoms with E-state index in [1.54, 1.807) is 0 Å². The van der Waals surface area contributed by atoms with E-state index in [0.717, 1.165) is 18.4 Å². The number of hydrogen-bond acceptors (Lipinski definition) is 2. The highest BCUT2D eigenvalue weighted by molar-refractivity contribution is 4.76. The molecule has 0 aliphatic carbocycles. The fourth-order valence-corrected chi connectivity index (χ4v) is 2.13. The molecule has 0 aromatic heterocycles. The van der Waals surface area contributed by atoms with Gasteiger partial charge in [-0.3, -0.25) is 0 Å². The van der Waals surface area contributed by atoms with Crippen LogP contribution in [0.25, 0.3) is 0 Å². The third-order valence-corrected chi connectivity index (χ3v) is 3.82. The molecule has 0 amide bonds. The molecule has 2 nitrogen and oxygen atoms in total. The van der Waals surface area contributed by atoms with Crippen LogP contribution in [0.3, 0.4) is 0 Å². The maximum atomic E-state index is 3.70. The molecule has 0 bridgehead atoms. The van der Waals surface area contributed by atoms with Crippen LogP contribution >= 0.6 is 0 Å². The summed E-state index contributed by atoms with van der Waals surface area (Å²) in [6.45, 7) is 15.1. The highest BCUT2D eigenvalue weighted by Crippen LogP contribution is 2.10. The molecule has 104 valence electrons. The lowest BCUT2D eigenvalue weighted by Gasteiger charge is -2.30. The minimum Gasteiger partial charge on any atom is -0.312 e. The third kappa shape index (κ3) is 7.77. The van der Waals surface area contributed by atoms with Crippen LogP contribution in [0.2, 0.25) is 0 Å². The summed E-state index contributed by atoms with van der Waals surface area (Å²) < 4.78 is 0. The van der Waals surface area contributed by atoms with Crippen molar-refractivity contribution in [3.63, 3.8) is 0 Å². The van der Waals surface area contributed by atoms with Gasteiger partial charge < -0.3 is 10.2 Å². The van der Waals surface area contributed by atoms with Crippen LogP contribution in [0.5, 0.6) is 0 Å². The van der Waals surface area contributed by atoms with Crippen molar-refractivity contribution in [2.24, 2.45) is 11.8 Å². The average molecular weight is 242 g/mol. The number of rotatable bonds is 10. The normalized spacial score (nSPS) is 17.1. The summed E-state index contributed by atoms with van der Waals surface area (Å²) in [6, 6.07) is 0.647. The molecule has 0 rings (SSSR count). The summed E-state index contributed by atoms with van der Waals surface area (Å²) in [6.07, 6.45) is 3.77. The van der Waals surface area contributed by atoms with Gasteiger partial charge in [-0.15, -0.1) is 0 Å². The van der Waals surface area contributed by atoms with Crippen molar-refractivity contribution in [2.45, 2.75) is 59.9 Å². The molecule has 0 saturated heterocycles. The summed E-state index contributed by atoms with van der Waals surface area (Å²) >= 11 is 0. The SMILES string of the molecule is CCCNC(CN(C)CC(C)CC)C(C)CC. The Morgan fingerprint density at radius 3 is 2.12 bits per heavy atom. The average Bonchev–Trinajstić information content (AvgIpc) is 2.33. The maximum absolute atomic E-state index is 3.70. The van der Waals surface area contributed by atoms with Gasteiger partial charge in [0, 0.05) is 19.1 Å². The molecule has 3 atom stereocenters. The fourth-order valence-electron chi connectivity index (χ4n) is 2.13. The van der Waals surface area contributed by atoms with Gasteiger partial charge in [-0.05, 0) is 31.8 Å². The van der Waals surface area contributed by atoms with Gasteiger partial charge in [0.2, 0.25) is 0 Å². The van der Waals surface area contributed by atoms with Gasteiger partial charge in [0.15, 0.2) is 0 Å². The number of hydrogen-bond donors (Lipinski definition) is 1. The van der Waals surface area contributed by atoms with Crippen LogP contribution in [0.4, 0.5) is 0 Å². The van der Waals surface area contributed by atoms with Crippen LogP contribution < -0.4 is 5.32 Å². The fraction of sp³-hybridized carbons (Fsp3) is 1.00. The highest BCUT2D eigenvalue weighted by Gasteiger charge is 2.17. The number of nitrogens with one attached hydrogen (secondary N) is 1. The summed E-state index contributed by atoms with van der Waals surface area (Å²) in [5.74, 6) is 1.57. The maximum Gasteiger partial charge on any atom is 0.0220 e. The van der Waals surface area contributed by atoms with Crippen molar-refractivity contribution in [3.05, 3.63) is 0 Å². The highest BCUT2D eigenvalue weighted by atomic mass is 15.1. The molecular weight excluding hydrogens is 208 g/mol. The molecular formula is C15H34N2. The Hall–Kier alpha value is -0.0800. The molecule has 1 N–H and O–H groups in total. The van der Waals surface area contributed by atoms with Gasteiger partial charge >= 0.3 is 0 Å². The largest absolute Gasteiger partial charge is 0.312 e. The van der Waals surface area contributed by atoms with Crippen LogP contribution in [0.1, 0.15) is 53.9 Å². The molecule has 2 heteroatoms. The van der Waals surface area contributed by atoms with Crippen LogP contribution in [0, 0.1) is 11.8 Å². The third-order valence-electron chi connectivity index (χ3n) is 3.82. The lowest BCUT2D eigenvalue weighted by molar-refractivity contribution is 0.220. The molecule has 0 aromatic rings. The molecule has 17 heavy (non-hydrogen) atoms. The molecule has 0 heterocycles. The summed E-state index contributed by atoms with van der Waals surface area (Å²) in [7, 11) is 2.26. The van der Waals surface area contributed by atoms with Crippen molar-refractivity contribution >= 4 is 0 Å². The monoisotopic (exact) mass is 242 g/mol. The first-order valence-electron chi connectivity index (χ1n) is 7.46. The van der Waals surface area contributed by atoms with Crippen molar-refractivity contribution in [3.8, 4) is 0 Å². The van der Waals surface area contributed by atoms with E-state index in [1.807, 2.05) is 0 Å². The first-order chi connectivity index (χ1) is 8.04. The van der Waals surface area contributed by atoms with Crippen LogP contribution in [-0.4, -0.2) is 37.6 Å². The van der Waals surface area contributed by atoms with Gasteiger partial charge in [0.25, 0.3) is 0 Å². The topological polar surface area (TPSA) is 15.3 Å². The zero-order valence-electron chi connectivity index (χ0n) is 12.9. The zero-order valence-corrected chi connectivity index (χ0v) is 12.9. The molecule has 0 aromatic carbocycles. The minimum absolute atomic E-state index is 0.647.